The first kappa shape index (κ1) is 31.4. The van der Waals surface area contributed by atoms with Crippen molar-refractivity contribution in [1.82, 2.24) is 30.8 Å². The van der Waals surface area contributed by atoms with E-state index in [1.807, 2.05) is 30.3 Å². The van der Waals surface area contributed by atoms with Crippen molar-refractivity contribution < 1.29 is 9.59 Å². The minimum atomic E-state index is -0.606. The summed E-state index contributed by atoms with van der Waals surface area (Å²) in [5, 5.41) is 16.8. The van der Waals surface area contributed by atoms with Gasteiger partial charge in [0, 0.05) is 10.6 Å². The van der Waals surface area contributed by atoms with Crippen molar-refractivity contribution >= 4 is 40.7 Å². The first-order chi connectivity index (χ1) is 20.7. The third kappa shape index (κ3) is 7.04. The molecule has 0 saturated heterocycles. The van der Waals surface area contributed by atoms with Gasteiger partial charge >= 0.3 is 0 Å². The largest absolute Gasteiger partial charge is 0.345 e. The molecule has 230 valence electrons. The van der Waals surface area contributed by atoms with Crippen molar-refractivity contribution in [2.75, 3.05) is 0 Å². The van der Waals surface area contributed by atoms with E-state index in [1.165, 1.54) is 0 Å². The van der Waals surface area contributed by atoms with Crippen molar-refractivity contribution in [1.29, 1.82) is 0 Å². The molecule has 1 spiro atoms. The van der Waals surface area contributed by atoms with E-state index >= 15 is 0 Å². The fourth-order valence-corrected chi connectivity index (χ4v) is 7.31. The Morgan fingerprint density at radius 3 is 2.56 bits per heavy atom. The molecule has 43 heavy (non-hydrogen) atoms. The molecular weight excluding hydrogens is 585 g/mol. The summed E-state index contributed by atoms with van der Waals surface area (Å²) in [6.45, 7) is 6.93. The molecule has 1 aromatic heterocycles. The van der Waals surface area contributed by atoms with Crippen LogP contribution in [0.15, 0.2) is 52.0 Å². The highest BCUT2D eigenvalue weighted by Crippen LogP contribution is 2.48. The number of hydrogen-bond acceptors (Lipinski definition) is 6. The summed E-state index contributed by atoms with van der Waals surface area (Å²) in [5.74, 6) is 1.34. The van der Waals surface area contributed by atoms with Gasteiger partial charge in [-0.15, -0.1) is 21.8 Å². The number of hydrogen-bond donors (Lipinski definition) is 2. The van der Waals surface area contributed by atoms with E-state index in [0.29, 0.717) is 40.4 Å². The van der Waals surface area contributed by atoms with Crippen LogP contribution in [-0.4, -0.2) is 54.1 Å². The molecule has 2 aromatic rings. The van der Waals surface area contributed by atoms with Crippen LogP contribution in [0, 0.1) is 11.8 Å². The molecule has 1 aromatic carbocycles. The van der Waals surface area contributed by atoms with Gasteiger partial charge < -0.3 is 10.2 Å². The molecule has 5 rings (SSSR count). The van der Waals surface area contributed by atoms with Crippen LogP contribution < -0.4 is 5.32 Å². The lowest BCUT2D eigenvalue weighted by atomic mass is 9.76. The maximum absolute atomic E-state index is 14.5. The van der Waals surface area contributed by atoms with Crippen molar-refractivity contribution in [2.45, 2.75) is 102 Å². The van der Waals surface area contributed by atoms with Crippen LogP contribution in [0.1, 0.15) is 106 Å². The molecule has 2 amide bonds. The molecule has 2 heterocycles. The number of amides is 2. The molecule has 3 aliphatic rings. The summed E-state index contributed by atoms with van der Waals surface area (Å²) < 4.78 is 0. The molecule has 9 nitrogen and oxygen atoms in total. The van der Waals surface area contributed by atoms with Gasteiger partial charge in [-0.3, -0.25) is 14.6 Å². The van der Waals surface area contributed by atoms with Gasteiger partial charge in [0.1, 0.15) is 11.4 Å². The second-order valence-electron chi connectivity index (χ2n) is 12.3. The average molecular weight is 627 g/mol. The Labute approximate surface area is 263 Å². The maximum atomic E-state index is 14.5. The predicted molar refractivity (Wildman–Crippen MR) is 169 cm³/mol. The maximum Gasteiger partial charge on any atom is 0.274 e. The summed E-state index contributed by atoms with van der Waals surface area (Å²) in [4.78, 5) is 34.7. The molecule has 1 aliphatic heterocycles. The van der Waals surface area contributed by atoms with Crippen LogP contribution >= 0.6 is 23.2 Å². The Hall–Kier alpha value is -3.04. The Kier molecular flexibility index (Phi) is 10.0. The number of rotatable bonds is 11. The number of halogens is 2. The molecule has 2 aliphatic carbocycles. The fourth-order valence-electron chi connectivity index (χ4n) is 6.66. The lowest BCUT2D eigenvalue weighted by Crippen LogP contribution is -2.51. The van der Waals surface area contributed by atoms with Gasteiger partial charge in [0.15, 0.2) is 5.82 Å². The van der Waals surface area contributed by atoms with Gasteiger partial charge in [-0.1, -0.05) is 69.0 Å². The van der Waals surface area contributed by atoms with Crippen LogP contribution in [0.5, 0.6) is 0 Å². The third-order valence-electron chi connectivity index (χ3n) is 9.08. The normalized spacial score (nSPS) is 24.7. The van der Waals surface area contributed by atoms with Gasteiger partial charge in [0.2, 0.25) is 0 Å². The number of aliphatic imine (C=N–C) groups is 1. The minimum Gasteiger partial charge on any atom is -0.345 e. The lowest BCUT2D eigenvalue weighted by Gasteiger charge is -2.46. The van der Waals surface area contributed by atoms with E-state index < -0.39 is 5.66 Å². The zero-order valence-electron chi connectivity index (χ0n) is 25.2. The van der Waals surface area contributed by atoms with Crippen molar-refractivity contribution in [2.24, 2.45) is 16.8 Å². The number of tetrazole rings is 1. The highest BCUT2D eigenvalue weighted by molar-refractivity contribution is 6.47. The van der Waals surface area contributed by atoms with Gasteiger partial charge in [-0.2, -0.15) is 5.21 Å². The summed E-state index contributed by atoms with van der Waals surface area (Å²) in [6, 6.07) is 7.43. The molecule has 0 radical (unpaired) electrons. The van der Waals surface area contributed by atoms with Crippen molar-refractivity contribution in [3.8, 4) is 0 Å². The zero-order chi connectivity index (χ0) is 30.6. The van der Waals surface area contributed by atoms with Gasteiger partial charge in [0.05, 0.1) is 18.0 Å². The Morgan fingerprint density at radius 1 is 1.19 bits per heavy atom. The molecule has 2 unspecified atom stereocenters. The fraction of sp³-hybridized carbons (Fsp3) is 0.562. The Balaban J connectivity index is 1.46. The number of aromatic nitrogens is 4. The van der Waals surface area contributed by atoms with E-state index in [0.717, 1.165) is 62.5 Å². The van der Waals surface area contributed by atoms with Crippen LogP contribution in [0.2, 0.25) is 0 Å². The lowest BCUT2D eigenvalue weighted by molar-refractivity contribution is -0.133. The number of H-pyrrole nitrogens is 1. The number of allylic oxidation sites excluding steroid dienone is 3. The average Bonchev–Trinajstić information content (AvgIpc) is 3.61. The number of carbonyl (C=O) groups excluding carboxylic acids is 2. The monoisotopic (exact) mass is 625 g/mol. The summed E-state index contributed by atoms with van der Waals surface area (Å²) in [6.07, 6.45) is 11.8. The quantitative estimate of drug-likeness (QED) is 0.214. The number of aromatic amines is 1. The highest BCUT2D eigenvalue weighted by Gasteiger charge is 2.52. The zero-order valence-corrected chi connectivity index (χ0v) is 26.7. The van der Waals surface area contributed by atoms with E-state index in [4.69, 9.17) is 28.2 Å². The summed E-state index contributed by atoms with van der Waals surface area (Å²) >= 11 is 12.9. The third-order valence-corrected chi connectivity index (χ3v) is 9.60. The topological polar surface area (TPSA) is 116 Å². The van der Waals surface area contributed by atoms with Crippen molar-refractivity contribution in [3.63, 3.8) is 0 Å². The number of nitrogens with zero attached hydrogens (tertiary/aromatic N) is 5. The van der Waals surface area contributed by atoms with Crippen LogP contribution in [0.3, 0.4) is 0 Å². The Bertz CT molecular complexity index is 1380. The number of nitrogens with one attached hydrogen (secondary N) is 2. The first-order valence-electron chi connectivity index (χ1n) is 15.5. The van der Waals surface area contributed by atoms with E-state index in [2.05, 4.69) is 51.6 Å². The molecule has 1 saturated carbocycles. The molecule has 0 bridgehead atoms. The second-order valence-corrected chi connectivity index (χ2v) is 13.3. The molecule has 2 N–H and O–H groups in total. The number of benzene rings is 1. The number of carbonyl (C=O) groups is 2. The molecular formula is C32H41Cl2N7O2. The minimum absolute atomic E-state index is 0.0482. The van der Waals surface area contributed by atoms with Gasteiger partial charge in [-0.25, -0.2) is 0 Å². The van der Waals surface area contributed by atoms with E-state index in [1.54, 1.807) is 6.08 Å². The van der Waals surface area contributed by atoms with E-state index in [9.17, 15) is 9.59 Å². The molecule has 11 heteroatoms. The number of unbranched alkanes of at least 4 members (excludes halogenated alkanes) is 2. The molecule has 1 fully saturated rings. The van der Waals surface area contributed by atoms with Crippen LogP contribution in [-0.2, 0) is 11.3 Å². The van der Waals surface area contributed by atoms with Gasteiger partial charge in [0.25, 0.3) is 11.8 Å². The summed E-state index contributed by atoms with van der Waals surface area (Å²) in [7, 11) is 0. The summed E-state index contributed by atoms with van der Waals surface area (Å²) in [5.41, 5.74) is 2.24. The predicted octanol–water partition coefficient (Wildman–Crippen LogP) is 6.64. The smallest absolute Gasteiger partial charge is 0.274 e. The van der Waals surface area contributed by atoms with Gasteiger partial charge in [-0.05, 0) is 85.8 Å². The molecule has 2 atom stereocenters. The number of alkyl halides is 1. The highest BCUT2D eigenvalue weighted by atomic mass is 35.5. The standard InChI is InChI=1S/C32H41Cl2N7O2/c1-4-5-6-7-27(22-8-10-23(11-9-22)30(42)35-19-28-37-39-40-38-28)41-31(43)29(24-16-25(33)18-26(34)17-24)36-32(41)14-12-21(13-15-32)20(2)3/h8-11,16,18,20-21,26-27H,4-7,12-15,17,19H2,1-3H3,(H,35,42)(H,37,38,39,40). The van der Waals surface area contributed by atoms with Crippen LogP contribution in [0.4, 0.5) is 0 Å². The van der Waals surface area contributed by atoms with E-state index in [-0.39, 0.29) is 29.8 Å². The van der Waals surface area contributed by atoms with Crippen molar-refractivity contribution in [3.05, 3.63) is 64.0 Å². The SMILES string of the molecule is CCCCCC(c1ccc(C(=O)NCc2nn[nH]n2)cc1)N1C(=O)C(C2=CC(Cl)=CC(Cl)C2)=NC12CCC(C(C)C)CC2. The Morgan fingerprint density at radius 2 is 1.93 bits per heavy atom. The van der Waals surface area contributed by atoms with Crippen LogP contribution in [0.25, 0.3) is 0 Å². The first-order valence-corrected chi connectivity index (χ1v) is 16.3. The second kappa shape index (κ2) is 13.7.